The second kappa shape index (κ2) is 8.48. The summed E-state index contributed by atoms with van der Waals surface area (Å²) in [5.41, 5.74) is 3.36. The Balaban J connectivity index is 1.85. The van der Waals surface area contributed by atoms with E-state index in [0.717, 1.165) is 16.7 Å². The van der Waals surface area contributed by atoms with Gasteiger partial charge in [-0.25, -0.2) is 0 Å². The molecule has 162 valence electrons. The highest BCUT2D eigenvalue weighted by Gasteiger charge is 2.42. The summed E-state index contributed by atoms with van der Waals surface area (Å²) in [6.07, 6.45) is 0.784. The maximum absolute atomic E-state index is 13.6. The number of hydrogen-bond donors (Lipinski definition) is 0. The molecule has 1 atom stereocenters. The standard InChI is InChI=1S/C25H26ClNO4/c1-14(2)30-11-5-10-27-22(17-6-8-18(26)9-7-17)21-23(28)20-16(4)12-15(3)13-19(20)31-24(21)25(27)29/h6-9,12-14,22H,5,10-11H2,1-4H3/t22-/m0/s1. The molecule has 0 N–H and O–H groups in total. The molecule has 6 heteroatoms. The van der Waals surface area contributed by atoms with Gasteiger partial charge in [0, 0.05) is 18.2 Å². The molecule has 0 fully saturated rings. The molecule has 1 aliphatic rings. The van der Waals surface area contributed by atoms with Crippen molar-refractivity contribution in [3.63, 3.8) is 0 Å². The lowest BCUT2D eigenvalue weighted by molar-refractivity contribution is 0.0593. The molecule has 0 radical (unpaired) electrons. The van der Waals surface area contributed by atoms with Gasteiger partial charge in [-0.2, -0.15) is 0 Å². The molecule has 2 heterocycles. The van der Waals surface area contributed by atoms with Crippen molar-refractivity contribution >= 4 is 28.5 Å². The van der Waals surface area contributed by atoms with E-state index in [4.69, 9.17) is 20.8 Å². The monoisotopic (exact) mass is 439 g/mol. The molecule has 1 aliphatic heterocycles. The molecule has 0 unspecified atom stereocenters. The first kappa shape index (κ1) is 21.6. The van der Waals surface area contributed by atoms with E-state index in [9.17, 15) is 9.59 Å². The summed E-state index contributed by atoms with van der Waals surface area (Å²) in [5.74, 6) is -0.134. The number of aryl methyl sites for hydroxylation is 2. The minimum absolute atomic E-state index is 0.123. The predicted octanol–water partition coefficient (Wildman–Crippen LogP) is 5.42. The van der Waals surface area contributed by atoms with E-state index in [1.54, 1.807) is 17.0 Å². The van der Waals surface area contributed by atoms with Crippen molar-refractivity contribution in [1.82, 2.24) is 4.90 Å². The number of hydrogen-bond acceptors (Lipinski definition) is 4. The number of rotatable bonds is 6. The summed E-state index contributed by atoms with van der Waals surface area (Å²) in [5, 5.41) is 1.13. The van der Waals surface area contributed by atoms with Crippen LogP contribution in [0.2, 0.25) is 5.02 Å². The van der Waals surface area contributed by atoms with E-state index in [2.05, 4.69) is 0 Å². The lowest BCUT2D eigenvalue weighted by atomic mass is 9.97. The number of carbonyl (C=O) groups is 1. The molecule has 0 spiro atoms. The molecule has 1 aromatic heterocycles. The molecule has 0 saturated heterocycles. The number of nitrogens with zero attached hydrogens (tertiary/aromatic N) is 1. The third-order valence-corrected chi connectivity index (χ3v) is 5.84. The Morgan fingerprint density at radius 3 is 2.52 bits per heavy atom. The smallest absolute Gasteiger partial charge is 0.290 e. The van der Waals surface area contributed by atoms with Gasteiger partial charge in [-0.3, -0.25) is 9.59 Å². The van der Waals surface area contributed by atoms with Gasteiger partial charge in [0.15, 0.2) is 5.43 Å². The lowest BCUT2D eigenvalue weighted by Crippen LogP contribution is -2.31. The first-order chi connectivity index (χ1) is 14.8. The summed E-state index contributed by atoms with van der Waals surface area (Å²) >= 11 is 6.08. The lowest BCUT2D eigenvalue weighted by Gasteiger charge is -2.25. The van der Waals surface area contributed by atoms with Crippen LogP contribution in [0, 0.1) is 13.8 Å². The Morgan fingerprint density at radius 1 is 1.13 bits per heavy atom. The molecule has 2 aromatic carbocycles. The second-order valence-corrected chi connectivity index (χ2v) is 8.79. The van der Waals surface area contributed by atoms with Gasteiger partial charge in [0.1, 0.15) is 5.58 Å². The van der Waals surface area contributed by atoms with Crippen molar-refractivity contribution in [3.05, 3.63) is 79.7 Å². The van der Waals surface area contributed by atoms with Gasteiger partial charge in [0.2, 0.25) is 5.76 Å². The summed E-state index contributed by atoms with van der Waals surface area (Å²) in [6.45, 7) is 8.79. The van der Waals surface area contributed by atoms with E-state index < -0.39 is 6.04 Å². The average Bonchev–Trinajstić information content (AvgIpc) is 2.97. The van der Waals surface area contributed by atoms with Crippen molar-refractivity contribution in [2.24, 2.45) is 0 Å². The number of carbonyl (C=O) groups excluding carboxylic acids is 1. The van der Waals surface area contributed by atoms with E-state index in [1.807, 2.05) is 52.0 Å². The summed E-state index contributed by atoms with van der Waals surface area (Å²) < 4.78 is 11.7. The molecule has 31 heavy (non-hydrogen) atoms. The van der Waals surface area contributed by atoms with Crippen LogP contribution in [0.3, 0.4) is 0 Å². The first-order valence-electron chi connectivity index (χ1n) is 10.5. The van der Waals surface area contributed by atoms with E-state index in [1.165, 1.54) is 0 Å². The molecular weight excluding hydrogens is 414 g/mol. The van der Waals surface area contributed by atoms with Crippen molar-refractivity contribution in [3.8, 4) is 0 Å². The van der Waals surface area contributed by atoms with Crippen LogP contribution in [0.15, 0.2) is 45.6 Å². The first-order valence-corrected chi connectivity index (χ1v) is 10.9. The topological polar surface area (TPSA) is 59.8 Å². The highest BCUT2D eigenvalue weighted by molar-refractivity contribution is 6.30. The fourth-order valence-electron chi connectivity index (χ4n) is 4.29. The number of ether oxygens (including phenoxy) is 1. The Hall–Kier alpha value is -2.63. The molecule has 3 aromatic rings. The largest absolute Gasteiger partial charge is 0.450 e. The van der Waals surface area contributed by atoms with Gasteiger partial charge in [-0.1, -0.05) is 29.8 Å². The summed E-state index contributed by atoms with van der Waals surface area (Å²) in [7, 11) is 0. The van der Waals surface area contributed by atoms with Gasteiger partial charge in [0.25, 0.3) is 5.91 Å². The second-order valence-electron chi connectivity index (χ2n) is 8.35. The van der Waals surface area contributed by atoms with E-state index >= 15 is 0 Å². The molecule has 4 rings (SSSR count). The Morgan fingerprint density at radius 2 is 1.84 bits per heavy atom. The molecule has 5 nitrogen and oxygen atoms in total. The van der Waals surface area contributed by atoms with Crippen LogP contribution in [0.4, 0.5) is 0 Å². The highest BCUT2D eigenvalue weighted by Crippen LogP contribution is 2.39. The van der Waals surface area contributed by atoms with Gasteiger partial charge in [-0.05, 0) is 69.0 Å². The van der Waals surface area contributed by atoms with Crippen molar-refractivity contribution in [2.45, 2.75) is 46.3 Å². The molecular formula is C25H26ClNO4. The minimum atomic E-state index is -0.514. The third-order valence-electron chi connectivity index (χ3n) is 5.59. The van der Waals surface area contributed by atoms with Gasteiger partial charge < -0.3 is 14.1 Å². The van der Waals surface area contributed by atoms with Crippen molar-refractivity contribution in [2.75, 3.05) is 13.2 Å². The quantitative estimate of drug-likeness (QED) is 0.481. The Kier molecular flexibility index (Phi) is 5.91. The summed E-state index contributed by atoms with van der Waals surface area (Å²) in [4.78, 5) is 28.7. The molecule has 0 saturated carbocycles. The predicted molar refractivity (Wildman–Crippen MR) is 122 cm³/mol. The van der Waals surface area contributed by atoms with Crippen LogP contribution < -0.4 is 5.43 Å². The zero-order chi connectivity index (χ0) is 22.3. The maximum atomic E-state index is 13.6. The SMILES string of the molecule is Cc1cc(C)c2c(=O)c3c(oc2c1)C(=O)N(CCCOC(C)C)[C@H]3c1ccc(Cl)cc1. The van der Waals surface area contributed by atoms with Crippen LogP contribution in [0.1, 0.15) is 59.1 Å². The fourth-order valence-corrected chi connectivity index (χ4v) is 4.42. The Bertz CT molecular complexity index is 1200. The normalized spacial score (nSPS) is 15.9. The van der Waals surface area contributed by atoms with E-state index in [0.29, 0.717) is 41.1 Å². The van der Waals surface area contributed by atoms with Crippen LogP contribution in [-0.4, -0.2) is 30.1 Å². The van der Waals surface area contributed by atoms with Gasteiger partial charge >= 0.3 is 0 Å². The number of benzene rings is 2. The Labute approximate surface area is 186 Å². The molecule has 1 amide bonds. The van der Waals surface area contributed by atoms with Gasteiger partial charge in [0.05, 0.1) is 23.1 Å². The molecule has 0 bridgehead atoms. The fraction of sp³-hybridized carbons (Fsp3) is 0.360. The number of halogens is 1. The zero-order valence-corrected chi connectivity index (χ0v) is 19.0. The van der Waals surface area contributed by atoms with Crippen molar-refractivity contribution < 1.29 is 13.9 Å². The van der Waals surface area contributed by atoms with Crippen molar-refractivity contribution in [1.29, 1.82) is 0 Å². The number of amides is 1. The molecule has 0 aliphatic carbocycles. The van der Waals surface area contributed by atoms with Gasteiger partial charge in [-0.15, -0.1) is 0 Å². The van der Waals surface area contributed by atoms with Crippen LogP contribution in [-0.2, 0) is 4.74 Å². The summed E-state index contributed by atoms with van der Waals surface area (Å²) in [6, 6.07) is 10.5. The number of fused-ring (bicyclic) bond motifs is 2. The highest BCUT2D eigenvalue weighted by atomic mass is 35.5. The maximum Gasteiger partial charge on any atom is 0.290 e. The van der Waals surface area contributed by atoms with Crippen LogP contribution >= 0.6 is 11.6 Å². The van der Waals surface area contributed by atoms with Crippen LogP contribution in [0.25, 0.3) is 11.0 Å². The van der Waals surface area contributed by atoms with Crippen LogP contribution in [0.5, 0.6) is 0 Å². The zero-order valence-electron chi connectivity index (χ0n) is 18.2. The average molecular weight is 440 g/mol. The minimum Gasteiger partial charge on any atom is -0.450 e. The third kappa shape index (κ3) is 4.00. The van der Waals surface area contributed by atoms with E-state index in [-0.39, 0.29) is 23.2 Å².